The van der Waals surface area contributed by atoms with Gasteiger partial charge in [-0.15, -0.1) is 11.8 Å². The number of hydrogen-bond donors (Lipinski definition) is 2. The molecule has 2 unspecified atom stereocenters. The Labute approximate surface area is 122 Å². The van der Waals surface area contributed by atoms with Gasteiger partial charge < -0.3 is 15.2 Å². The van der Waals surface area contributed by atoms with Gasteiger partial charge in [-0.25, -0.2) is 9.59 Å². The van der Waals surface area contributed by atoms with Crippen molar-refractivity contribution in [2.45, 2.75) is 31.7 Å². The van der Waals surface area contributed by atoms with Crippen LogP contribution in [-0.2, 0) is 14.3 Å². The average molecular weight is 304 g/mol. The molecule has 1 heterocycles. The molecule has 7 nitrogen and oxygen atoms in total. The molecule has 1 aliphatic rings. The van der Waals surface area contributed by atoms with Crippen LogP contribution in [-0.4, -0.2) is 58.8 Å². The number of carboxylic acid groups (broad SMARTS) is 1. The number of ether oxygens (including phenoxy) is 1. The normalized spacial score (nSPS) is 21.9. The summed E-state index contributed by atoms with van der Waals surface area (Å²) in [6.45, 7) is 4.01. The van der Waals surface area contributed by atoms with Gasteiger partial charge in [-0.3, -0.25) is 9.69 Å². The third kappa shape index (κ3) is 4.03. The number of amides is 2. The molecule has 0 aliphatic carbocycles. The first kappa shape index (κ1) is 16.6. The minimum atomic E-state index is -1.01. The summed E-state index contributed by atoms with van der Waals surface area (Å²) in [5, 5.41) is 11.6. The largest absolute Gasteiger partial charge is 0.480 e. The van der Waals surface area contributed by atoms with Crippen LogP contribution in [0, 0.1) is 5.92 Å². The zero-order valence-corrected chi connectivity index (χ0v) is 12.6. The van der Waals surface area contributed by atoms with Crippen LogP contribution in [0.15, 0.2) is 0 Å². The van der Waals surface area contributed by atoms with Gasteiger partial charge in [0.1, 0.15) is 6.04 Å². The Morgan fingerprint density at radius 2 is 2.10 bits per heavy atom. The minimum Gasteiger partial charge on any atom is -0.480 e. The molecule has 1 aliphatic heterocycles. The Morgan fingerprint density at radius 3 is 2.60 bits per heavy atom. The molecule has 0 saturated carbocycles. The molecule has 0 bridgehead atoms. The molecule has 1 fully saturated rings. The van der Waals surface area contributed by atoms with Crippen molar-refractivity contribution in [2.75, 3.05) is 19.4 Å². The van der Waals surface area contributed by atoms with Crippen LogP contribution >= 0.6 is 11.8 Å². The first-order valence-corrected chi connectivity index (χ1v) is 7.40. The van der Waals surface area contributed by atoms with Crippen molar-refractivity contribution in [1.82, 2.24) is 10.2 Å². The number of carboxylic acids is 1. The number of esters is 1. The topological polar surface area (TPSA) is 95.9 Å². The van der Waals surface area contributed by atoms with E-state index >= 15 is 0 Å². The molecule has 2 N–H and O–H groups in total. The second-order valence-corrected chi connectivity index (χ2v) is 5.94. The van der Waals surface area contributed by atoms with Gasteiger partial charge in [-0.1, -0.05) is 13.8 Å². The number of methoxy groups -OCH3 is 1. The fourth-order valence-electron chi connectivity index (χ4n) is 1.95. The first-order chi connectivity index (χ1) is 9.38. The van der Waals surface area contributed by atoms with Crippen molar-refractivity contribution in [2.24, 2.45) is 5.92 Å². The molecule has 2 amide bonds. The van der Waals surface area contributed by atoms with Crippen molar-refractivity contribution in [1.29, 1.82) is 0 Å². The number of nitrogens with one attached hydrogen (secondary N) is 1. The molecular formula is C12H20N2O5S. The van der Waals surface area contributed by atoms with Crippen LogP contribution in [0.2, 0.25) is 0 Å². The van der Waals surface area contributed by atoms with Crippen LogP contribution in [0.1, 0.15) is 20.3 Å². The van der Waals surface area contributed by atoms with Gasteiger partial charge in [0.15, 0.2) is 0 Å². The highest BCUT2D eigenvalue weighted by molar-refractivity contribution is 8.00. The van der Waals surface area contributed by atoms with Crippen molar-refractivity contribution in [3.05, 3.63) is 0 Å². The van der Waals surface area contributed by atoms with E-state index in [0.29, 0.717) is 5.75 Å². The van der Waals surface area contributed by atoms with Gasteiger partial charge in [0, 0.05) is 12.3 Å². The van der Waals surface area contributed by atoms with E-state index in [1.54, 1.807) is 0 Å². The number of nitrogens with zero attached hydrogens (tertiary/aromatic N) is 1. The monoisotopic (exact) mass is 304 g/mol. The molecule has 0 radical (unpaired) electrons. The maximum atomic E-state index is 12.1. The number of carbonyl (C=O) groups excluding carboxylic acids is 2. The maximum absolute atomic E-state index is 12.1. The van der Waals surface area contributed by atoms with Crippen molar-refractivity contribution >= 4 is 29.7 Å². The molecule has 0 aromatic rings. The lowest BCUT2D eigenvalue weighted by Crippen LogP contribution is -2.51. The molecule has 0 spiro atoms. The lowest BCUT2D eigenvalue weighted by atomic mass is 10.2. The van der Waals surface area contributed by atoms with E-state index in [-0.39, 0.29) is 24.3 Å². The van der Waals surface area contributed by atoms with E-state index in [1.807, 2.05) is 13.8 Å². The lowest BCUT2D eigenvalue weighted by Gasteiger charge is -2.29. The highest BCUT2D eigenvalue weighted by Crippen LogP contribution is 2.33. The summed E-state index contributed by atoms with van der Waals surface area (Å²) in [6.07, 6.45) is 0.0628. The Morgan fingerprint density at radius 1 is 1.45 bits per heavy atom. The van der Waals surface area contributed by atoms with Gasteiger partial charge in [-0.05, 0) is 5.92 Å². The number of urea groups is 1. The third-order valence-corrected chi connectivity index (χ3v) is 4.58. The molecular weight excluding hydrogens is 284 g/mol. The number of rotatable bonds is 5. The summed E-state index contributed by atoms with van der Waals surface area (Å²) < 4.78 is 4.47. The van der Waals surface area contributed by atoms with E-state index < -0.39 is 24.0 Å². The molecule has 20 heavy (non-hydrogen) atoms. The van der Waals surface area contributed by atoms with Crippen LogP contribution in [0.5, 0.6) is 0 Å². The summed E-state index contributed by atoms with van der Waals surface area (Å²) in [6, 6.07) is -1.28. The molecule has 0 aromatic heterocycles. The molecule has 114 valence electrons. The zero-order valence-electron chi connectivity index (χ0n) is 11.8. The Hall–Kier alpha value is -1.44. The fourth-order valence-corrected chi connectivity index (χ4v) is 3.42. The van der Waals surface area contributed by atoms with E-state index in [4.69, 9.17) is 0 Å². The Balaban J connectivity index is 2.64. The number of hydrogen-bond acceptors (Lipinski definition) is 5. The summed E-state index contributed by atoms with van der Waals surface area (Å²) >= 11 is 1.46. The van der Waals surface area contributed by atoms with E-state index in [9.17, 15) is 19.5 Å². The molecule has 1 rings (SSSR count). The molecule has 1 saturated heterocycles. The van der Waals surface area contributed by atoms with Crippen LogP contribution < -0.4 is 5.32 Å². The zero-order chi connectivity index (χ0) is 15.3. The van der Waals surface area contributed by atoms with Crippen molar-refractivity contribution in [3.8, 4) is 0 Å². The molecule has 2 atom stereocenters. The smallest absolute Gasteiger partial charge is 0.327 e. The molecule has 8 heteroatoms. The van der Waals surface area contributed by atoms with Crippen LogP contribution in [0.3, 0.4) is 0 Å². The van der Waals surface area contributed by atoms with Gasteiger partial charge in [0.05, 0.1) is 18.9 Å². The number of aliphatic carboxylic acids is 1. The summed E-state index contributed by atoms with van der Waals surface area (Å²) in [4.78, 5) is 35.7. The maximum Gasteiger partial charge on any atom is 0.327 e. The Kier molecular flexibility index (Phi) is 6.12. The quantitative estimate of drug-likeness (QED) is 0.727. The fraction of sp³-hybridized carbons (Fsp3) is 0.750. The van der Waals surface area contributed by atoms with Gasteiger partial charge >= 0.3 is 18.0 Å². The lowest BCUT2D eigenvalue weighted by molar-refractivity contribution is -0.142. The second-order valence-electron chi connectivity index (χ2n) is 4.79. The standard InChI is InChI=1S/C12H20N2O5S/c1-7(2)10-14(8(6-20-10)11(16)17)12(18)13-5-4-9(15)19-3/h7-8,10H,4-6H2,1-3H3,(H,13,18)(H,16,17). The van der Waals surface area contributed by atoms with E-state index in [1.165, 1.54) is 23.8 Å². The van der Waals surface area contributed by atoms with Gasteiger partial charge in [0.25, 0.3) is 0 Å². The van der Waals surface area contributed by atoms with Crippen LogP contribution in [0.25, 0.3) is 0 Å². The SMILES string of the molecule is COC(=O)CCNC(=O)N1C(C(=O)O)CSC1C(C)C. The summed E-state index contributed by atoms with van der Waals surface area (Å²) in [5.74, 6) is -0.904. The van der Waals surface area contributed by atoms with Crippen molar-refractivity contribution in [3.63, 3.8) is 0 Å². The van der Waals surface area contributed by atoms with Gasteiger partial charge in [0.2, 0.25) is 0 Å². The van der Waals surface area contributed by atoms with E-state index in [2.05, 4.69) is 10.1 Å². The highest BCUT2D eigenvalue weighted by atomic mass is 32.2. The summed E-state index contributed by atoms with van der Waals surface area (Å²) in [7, 11) is 1.27. The first-order valence-electron chi connectivity index (χ1n) is 6.35. The third-order valence-electron chi connectivity index (χ3n) is 2.96. The predicted molar refractivity (Wildman–Crippen MR) is 74.4 cm³/mol. The Bertz CT molecular complexity index is 388. The average Bonchev–Trinajstić information content (AvgIpc) is 2.83. The van der Waals surface area contributed by atoms with Crippen LogP contribution in [0.4, 0.5) is 4.79 Å². The number of carbonyl (C=O) groups is 3. The minimum absolute atomic E-state index is 0.0628. The van der Waals surface area contributed by atoms with E-state index in [0.717, 1.165) is 0 Å². The number of thioether (sulfide) groups is 1. The highest BCUT2D eigenvalue weighted by Gasteiger charge is 2.42. The van der Waals surface area contributed by atoms with Gasteiger partial charge in [-0.2, -0.15) is 0 Å². The molecule has 0 aromatic carbocycles. The predicted octanol–water partition coefficient (Wildman–Crippen LogP) is 0.743. The summed E-state index contributed by atoms with van der Waals surface area (Å²) in [5.41, 5.74) is 0. The second kappa shape index (κ2) is 7.37. The van der Waals surface area contributed by atoms with Crippen molar-refractivity contribution < 1.29 is 24.2 Å².